The molecule has 17 heavy (non-hydrogen) atoms. The van der Waals surface area contributed by atoms with Gasteiger partial charge in [0.2, 0.25) is 5.95 Å². The van der Waals surface area contributed by atoms with Gasteiger partial charge in [-0.05, 0) is 18.2 Å². The van der Waals surface area contributed by atoms with Crippen molar-refractivity contribution >= 4 is 11.6 Å². The maximum atomic E-state index is 12.9. The quantitative estimate of drug-likeness (QED) is 0.863. The van der Waals surface area contributed by atoms with Crippen molar-refractivity contribution in [1.29, 1.82) is 5.26 Å². The number of benzene rings is 1. The number of hydrogen-bond acceptors (Lipinski definition) is 4. The second-order valence-electron chi connectivity index (χ2n) is 3.16. The molecule has 1 heterocycles. The van der Waals surface area contributed by atoms with E-state index in [1.54, 1.807) is 0 Å². The Morgan fingerprint density at radius 3 is 2.53 bits per heavy atom. The van der Waals surface area contributed by atoms with Crippen LogP contribution in [0.15, 0.2) is 30.5 Å². The minimum Gasteiger partial charge on any atom is -0.324 e. The van der Waals surface area contributed by atoms with Crippen LogP contribution in [-0.2, 0) is 0 Å². The van der Waals surface area contributed by atoms with Gasteiger partial charge in [0.25, 0.3) is 0 Å². The van der Waals surface area contributed by atoms with Crippen molar-refractivity contribution in [3.05, 3.63) is 47.8 Å². The fourth-order valence-electron chi connectivity index (χ4n) is 1.24. The molecule has 0 atom stereocenters. The van der Waals surface area contributed by atoms with Gasteiger partial charge in [-0.3, -0.25) is 0 Å². The SMILES string of the molecule is N#Cc1ccnc(Nc2cc(F)cc(F)c2)n1. The highest BCUT2D eigenvalue weighted by Crippen LogP contribution is 2.16. The Morgan fingerprint density at radius 2 is 1.88 bits per heavy atom. The Kier molecular flexibility index (Phi) is 2.92. The molecule has 0 bridgehead atoms. The summed E-state index contributed by atoms with van der Waals surface area (Å²) < 4.78 is 25.8. The predicted octanol–water partition coefficient (Wildman–Crippen LogP) is 2.37. The van der Waals surface area contributed by atoms with E-state index in [2.05, 4.69) is 15.3 Å². The molecule has 2 rings (SSSR count). The van der Waals surface area contributed by atoms with E-state index in [1.165, 1.54) is 12.3 Å². The van der Waals surface area contributed by atoms with E-state index in [0.29, 0.717) is 0 Å². The van der Waals surface area contributed by atoms with Crippen molar-refractivity contribution in [3.8, 4) is 6.07 Å². The normalized spacial score (nSPS) is 9.71. The molecule has 4 nitrogen and oxygen atoms in total. The van der Waals surface area contributed by atoms with Crippen LogP contribution in [0.5, 0.6) is 0 Å². The summed E-state index contributed by atoms with van der Waals surface area (Å²) in [5.41, 5.74) is 0.344. The Balaban J connectivity index is 2.28. The summed E-state index contributed by atoms with van der Waals surface area (Å²) in [6.45, 7) is 0. The van der Waals surface area contributed by atoms with Crippen molar-refractivity contribution < 1.29 is 8.78 Å². The van der Waals surface area contributed by atoms with Crippen molar-refractivity contribution in [1.82, 2.24) is 9.97 Å². The van der Waals surface area contributed by atoms with Crippen LogP contribution in [0.25, 0.3) is 0 Å². The molecule has 0 radical (unpaired) electrons. The molecule has 0 aliphatic rings. The standard InChI is InChI=1S/C11H6F2N4/c12-7-3-8(13)5-10(4-7)17-11-15-2-1-9(6-14)16-11/h1-5H,(H,15,16,17). The summed E-state index contributed by atoms with van der Waals surface area (Å²) in [4.78, 5) is 7.64. The van der Waals surface area contributed by atoms with Crippen molar-refractivity contribution in [2.24, 2.45) is 0 Å². The van der Waals surface area contributed by atoms with Gasteiger partial charge < -0.3 is 5.32 Å². The molecule has 0 spiro atoms. The maximum Gasteiger partial charge on any atom is 0.228 e. The summed E-state index contributed by atoms with van der Waals surface area (Å²) in [5, 5.41) is 11.2. The van der Waals surface area contributed by atoms with Crippen molar-refractivity contribution in [2.75, 3.05) is 5.32 Å². The second kappa shape index (κ2) is 4.53. The third-order valence-corrected chi connectivity index (χ3v) is 1.89. The smallest absolute Gasteiger partial charge is 0.228 e. The Morgan fingerprint density at radius 1 is 1.18 bits per heavy atom. The van der Waals surface area contributed by atoms with Gasteiger partial charge >= 0.3 is 0 Å². The molecule has 0 saturated heterocycles. The first-order chi connectivity index (χ1) is 8.17. The molecule has 1 aromatic heterocycles. The highest BCUT2D eigenvalue weighted by Gasteiger charge is 2.03. The fraction of sp³-hybridized carbons (Fsp3) is 0. The molecule has 2 aromatic rings. The third-order valence-electron chi connectivity index (χ3n) is 1.89. The summed E-state index contributed by atoms with van der Waals surface area (Å²) in [7, 11) is 0. The van der Waals surface area contributed by atoms with E-state index < -0.39 is 11.6 Å². The number of anilines is 2. The molecule has 84 valence electrons. The van der Waals surface area contributed by atoms with Gasteiger partial charge in [0.1, 0.15) is 23.4 Å². The van der Waals surface area contributed by atoms with Crippen LogP contribution in [0.4, 0.5) is 20.4 Å². The lowest BCUT2D eigenvalue weighted by Crippen LogP contribution is -1.98. The monoisotopic (exact) mass is 232 g/mol. The van der Waals surface area contributed by atoms with E-state index >= 15 is 0 Å². The topological polar surface area (TPSA) is 61.6 Å². The zero-order chi connectivity index (χ0) is 12.3. The molecular formula is C11H6F2N4. The van der Waals surface area contributed by atoms with Gasteiger partial charge in [-0.15, -0.1) is 0 Å². The van der Waals surface area contributed by atoms with Gasteiger partial charge in [-0.2, -0.15) is 5.26 Å². The Hall–Kier alpha value is -2.55. The van der Waals surface area contributed by atoms with E-state index in [0.717, 1.165) is 18.2 Å². The van der Waals surface area contributed by atoms with Crippen LogP contribution in [0, 0.1) is 23.0 Å². The van der Waals surface area contributed by atoms with Gasteiger partial charge in [-0.25, -0.2) is 18.7 Å². The number of hydrogen-bond donors (Lipinski definition) is 1. The Labute approximate surface area is 95.6 Å². The zero-order valence-electron chi connectivity index (χ0n) is 8.48. The van der Waals surface area contributed by atoms with Gasteiger partial charge in [-0.1, -0.05) is 0 Å². The molecule has 1 N–H and O–H groups in total. The van der Waals surface area contributed by atoms with Gasteiger partial charge in [0.15, 0.2) is 0 Å². The van der Waals surface area contributed by atoms with Gasteiger partial charge in [0, 0.05) is 18.0 Å². The number of halogens is 2. The molecular weight excluding hydrogens is 226 g/mol. The summed E-state index contributed by atoms with van der Waals surface area (Å²) in [6, 6.07) is 6.23. The summed E-state index contributed by atoms with van der Waals surface area (Å²) in [6.07, 6.45) is 1.38. The molecule has 1 aromatic carbocycles. The molecule has 0 aliphatic heterocycles. The molecule has 0 aliphatic carbocycles. The average Bonchev–Trinajstić information content (AvgIpc) is 2.28. The van der Waals surface area contributed by atoms with Crippen LogP contribution in [-0.4, -0.2) is 9.97 Å². The van der Waals surface area contributed by atoms with Crippen LogP contribution >= 0.6 is 0 Å². The zero-order valence-corrected chi connectivity index (χ0v) is 8.48. The number of aromatic nitrogens is 2. The van der Waals surface area contributed by atoms with E-state index in [9.17, 15) is 8.78 Å². The summed E-state index contributed by atoms with van der Waals surface area (Å²) in [5.74, 6) is -1.30. The molecule has 0 unspecified atom stereocenters. The minimum absolute atomic E-state index is 0.106. The Bertz CT molecular complexity index is 572. The highest BCUT2D eigenvalue weighted by molar-refractivity contribution is 5.53. The number of nitrogens with one attached hydrogen (secondary N) is 1. The number of nitriles is 1. The molecule has 6 heteroatoms. The number of nitrogens with zero attached hydrogens (tertiary/aromatic N) is 3. The summed E-state index contributed by atoms with van der Waals surface area (Å²) >= 11 is 0. The van der Waals surface area contributed by atoms with Crippen LogP contribution < -0.4 is 5.32 Å². The average molecular weight is 232 g/mol. The second-order valence-corrected chi connectivity index (χ2v) is 3.16. The molecule has 0 saturated carbocycles. The first-order valence-corrected chi connectivity index (χ1v) is 4.63. The lowest BCUT2D eigenvalue weighted by atomic mass is 10.3. The van der Waals surface area contributed by atoms with Crippen molar-refractivity contribution in [3.63, 3.8) is 0 Å². The fourth-order valence-corrected chi connectivity index (χ4v) is 1.24. The minimum atomic E-state index is -0.705. The highest BCUT2D eigenvalue weighted by atomic mass is 19.1. The maximum absolute atomic E-state index is 12.9. The van der Waals surface area contributed by atoms with E-state index in [1.807, 2.05) is 6.07 Å². The lowest BCUT2D eigenvalue weighted by Gasteiger charge is -2.04. The number of rotatable bonds is 2. The largest absolute Gasteiger partial charge is 0.324 e. The third kappa shape index (κ3) is 2.72. The predicted molar refractivity (Wildman–Crippen MR) is 56.4 cm³/mol. The lowest BCUT2D eigenvalue weighted by molar-refractivity contribution is 0.584. The van der Waals surface area contributed by atoms with Crippen LogP contribution in [0.2, 0.25) is 0 Å². The van der Waals surface area contributed by atoms with Crippen molar-refractivity contribution in [2.45, 2.75) is 0 Å². The first kappa shape index (κ1) is 11.0. The first-order valence-electron chi connectivity index (χ1n) is 4.63. The van der Waals surface area contributed by atoms with Crippen LogP contribution in [0.1, 0.15) is 5.69 Å². The van der Waals surface area contributed by atoms with Crippen LogP contribution in [0.3, 0.4) is 0 Å². The van der Waals surface area contributed by atoms with Gasteiger partial charge in [0.05, 0.1) is 0 Å². The van der Waals surface area contributed by atoms with E-state index in [4.69, 9.17) is 5.26 Å². The van der Waals surface area contributed by atoms with E-state index in [-0.39, 0.29) is 17.3 Å². The molecule has 0 fully saturated rings. The molecule has 0 amide bonds.